The standard InChI is InChI=1S/C20H18N4O2/c1-2-17(25)24-12-14-5-3-4-6-15(14)18(24)20(26)23-11-13-7-9-21-19-16(13)8-10-22-19/h2-10,18H,1,11-12H2,(H,21,22)(H,23,26). The van der Waals surface area contributed by atoms with Crippen LogP contribution in [0.1, 0.15) is 22.7 Å². The van der Waals surface area contributed by atoms with Gasteiger partial charge in [0.05, 0.1) is 0 Å². The fourth-order valence-corrected chi connectivity index (χ4v) is 3.44. The Balaban J connectivity index is 1.58. The highest BCUT2D eigenvalue weighted by Crippen LogP contribution is 2.34. The van der Waals surface area contributed by atoms with E-state index < -0.39 is 6.04 Å². The molecule has 0 fully saturated rings. The lowest BCUT2D eigenvalue weighted by Crippen LogP contribution is -2.39. The number of carbonyl (C=O) groups excluding carboxylic acids is 2. The van der Waals surface area contributed by atoms with Crippen LogP contribution in [0.4, 0.5) is 0 Å². The Morgan fingerprint density at radius 3 is 3.00 bits per heavy atom. The zero-order valence-electron chi connectivity index (χ0n) is 14.1. The molecule has 6 nitrogen and oxygen atoms in total. The zero-order chi connectivity index (χ0) is 18.1. The van der Waals surface area contributed by atoms with E-state index in [1.807, 2.05) is 42.6 Å². The minimum atomic E-state index is -0.639. The van der Waals surface area contributed by atoms with Gasteiger partial charge in [-0.25, -0.2) is 4.98 Å². The Bertz CT molecular complexity index is 1010. The first-order valence-corrected chi connectivity index (χ1v) is 8.38. The van der Waals surface area contributed by atoms with Crippen molar-refractivity contribution in [2.75, 3.05) is 0 Å². The summed E-state index contributed by atoms with van der Waals surface area (Å²) in [6.07, 6.45) is 4.78. The number of nitrogens with zero attached hydrogens (tertiary/aromatic N) is 2. The number of rotatable bonds is 4. The van der Waals surface area contributed by atoms with Crippen molar-refractivity contribution in [1.29, 1.82) is 0 Å². The average Bonchev–Trinajstić information content (AvgIpc) is 3.30. The molecule has 3 heterocycles. The van der Waals surface area contributed by atoms with Gasteiger partial charge in [0.1, 0.15) is 11.7 Å². The second-order valence-corrected chi connectivity index (χ2v) is 6.20. The first-order valence-electron chi connectivity index (χ1n) is 8.38. The molecule has 0 saturated carbocycles. The quantitative estimate of drug-likeness (QED) is 0.712. The average molecular weight is 346 g/mol. The number of H-pyrrole nitrogens is 1. The second kappa shape index (κ2) is 6.48. The van der Waals surface area contributed by atoms with Gasteiger partial charge >= 0.3 is 0 Å². The van der Waals surface area contributed by atoms with E-state index in [0.717, 1.165) is 27.7 Å². The van der Waals surface area contributed by atoms with Gasteiger partial charge in [-0.05, 0) is 34.9 Å². The number of aromatic nitrogens is 2. The molecule has 0 bridgehead atoms. The highest BCUT2D eigenvalue weighted by Gasteiger charge is 2.37. The fraction of sp³-hybridized carbons (Fsp3) is 0.150. The summed E-state index contributed by atoms with van der Waals surface area (Å²) in [7, 11) is 0. The highest BCUT2D eigenvalue weighted by molar-refractivity contribution is 5.94. The second-order valence-electron chi connectivity index (χ2n) is 6.20. The Kier molecular flexibility index (Phi) is 4.01. The van der Waals surface area contributed by atoms with Gasteiger partial charge in [0.2, 0.25) is 11.8 Å². The first-order chi connectivity index (χ1) is 12.7. The van der Waals surface area contributed by atoms with Gasteiger partial charge in [0.25, 0.3) is 0 Å². The van der Waals surface area contributed by atoms with Crippen molar-refractivity contribution in [2.24, 2.45) is 0 Å². The molecule has 0 aliphatic carbocycles. The minimum Gasteiger partial charge on any atom is -0.350 e. The maximum absolute atomic E-state index is 12.9. The molecule has 0 spiro atoms. The normalized spacial score (nSPS) is 15.7. The molecule has 1 aliphatic rings. The van der Waals surface area contributed by atoms with E-state index in [-0.39, 0.29) is 11.8 Å². The molecule has 2 aromatic heterocycles. The molecule has 1 atom stereocenters. The number of amides is 2. The van der Waals surface area contributed by atoms with Crippen molar-refractivity contribution in [3.05, 3.63) is 78.1 Å². The number of aromatic amines is 1. The van der Waals surface area contributed by atoms with Crippen molar-refractivity contribution in [3.8, 4) is 0 Å². The maximum atomic E-state index is 12.9. The third-order valence-electron chi connectivity index (χ3n) is 4.71. The smallest absolute Gasteiger partial charge is 0.247 e. The Morgan fingerprint density at radius 2 is 2.15 bits per heavy atom. The minimum absolute atomic E-state index is 0.203. The molecule has 6 heteroatoms. The number of hydrogen-bond acceptors (Lipinski definition) is 3. The number of nitrogens with one attached hydrogen (secondary N) is 2. The van der Waals surface area contributed by atoms with E-state index in [1.54, 1.807) is 11.1 Å². The van der Waals surface area contributed by atoms with Gasteiger partial charge in [-0.2, -0.15) is 0 Å². The molecule has 1 aliphatic heterocycles. The number of fused-ring (bicyclic) bond motifs is 2. The Labute approximate surface area is 150 Å². The van der Waals surface area contributed by atoms with Gasteiger partial charge in [-0.15, -0.1) is 0 Å². The predicted molar refractivity (Wildman–Crippen MR) is 97.9 cm³/mol. The van der Waals surface area contributed by atoms with E-state index in [4.69, 9.17) is 0 Å². The molecule has 1 unspecified atom stereocenters. The molecule has 0 radical (unpaired) electrons. The molecule has 26 heavy (non-hydrogen) atoms. The molecule has 4 rings (SSSR count). The van der Waals surface area contributed by atoms with Crippen LogP contribution >= 0.6 is 0 Å². The number of pyridine rings is 1. The van der Waals surface area contributed by atoms with Crippen molar-refractivity contribution in [2.45, 2.75) is 19.1 Å². The van der Waals surface area contributed by atoms with Gasteiger partial charge in [0.15, 0.2) is 0 Å². The molecule has 3 aromatic rings. The van der Waals surface area contributed by atoms with Crippen LogP contribution in [-0.4, -0.2) is 26.7 Å². The molecular weight excluding hydrogens is 328 g/mol. The summed E-state index contributed by atoms with van der Waals surface area (Å²) in [6.45, 7) is 4.33. The third kappa shape index (κ3) is 2.65. The van der Waals surface area contributed by atoms with Gasteiger partial charge in [-0.1, -0.05) is 30.8 Å². The van der Waals surface area contributed by atoms with Gasteiger partial charge in [-0.3, -0.25) is 9.59 Å². The monoisotopic (exact) mass is 346 g/mol. The van der Waals surface area contributed by atoms with Crippen LogP contribution in [0.5, 0.6) is 0 Å². The summed E-state index contributed by atoms with van der Waals surface area (Å²) in [6, 6.07) is 10.8. The molecular formula is C20H18N4O2. The van der Waals surface area contributed by atoms with E-state index >= 15 is 0 Å². The van der Waals surface area contributed by atoms with E-state index in [0.29, 0.717) is 13.1 Å². The van der Waals surface area contributed by atoms with Gasteiger partial charge in [0, 0.05) is 30.9 Å². The first kappa shape index (κ1) is 16.1. The van der Waals surface area contributed by atoms with Crippen molar-refractivity contribution >= 4 is 22.8 Å². The molecule has 1 aromatic carbocycles. The van der Waals surface area contributed by atoms with Crippen LogP contribution in [0.3, 0.4) is 0 Å². The van der Waals surface area contributed by atoms with Crippen LogP contribution in [0.15, 0.2) is 61.4 Å². The lowest BCUT2D eigenvalue weighted by atomic mass is 10.0. The van der Waals surface area contributed by atoms with Crippen LogP contribution in [0.25, 0.3) is 11.0 Å². The van der Waals surface area contributed by atoms with Crippen molar-refractivity contribution < 1.29 is 9.59 Å². The molecule has 2 amide bonds. The fourth-order valence-electron chi connectivity index (χ4n) is 3.44. The predicted octanol–water partition coefficient (Wildman–Crippen LogP) is 2.45. The summed E-state index contributed by atoms with van der Waals surface area (Å²) < 4.78 is 0. The summed E-state index contributed by atoms with van der Waals surface area (Å²) >= 11 is 0. The Morgan fingerprint density at radius 1 is 1.31 bits per heavy atom. The number of hydrogen-bond donors (Lipinski definition) is 2. The Hall–Kier alpha value is -3.41. The van der Waals surface area contributed by atoms with Crippen molar-refractivity contribution in [3.63, 3.8) is 0 Å². The van der Waals surface area contributed by atoms with Crippen LogP contribution in [-0.2, 0) is 22.7 Å². The van der Waals surface area contributed by atoms with E-state index in [9.17, 15) is 9.59 Å². The summed E-state index contributed by atoms with van der Waals surface area (Å²) in [4.78, 5) is 34.0. The number of carbonyl (C=O) groups is 2. The highest BCUT2D eigenvalue weighted by atomic mass is 16.2. The number of benzene rings is 1. The SMILES string of the molecule is C=CC(=O)N1Cc2ccccc2C1C(=O)NCc1ccnc2[nH]ccc12. The lowest BCUT2D eigenvalue weighted by Gasteiger charge is -2.23. The van der Waals surface area contributed by atoms with E-state index in [2.05, 4.69) is 21.9 Å². The lowest BCUT2D eigenvalue weighted by molar-refractivity contribution is -0.137. The van der Waals surface area contributed by atoms with Gasteiger partial charge < -0.3 is 15.2 Å². The zero-order valence-corrected chi connectivity index (χ0v) is 14.1. The van der Waals surface area contributed by atoms with E-state index in [1.165, 1.54) is 6.08 Å². The largest absolute Gasteiger partial charge is 0.350 e. The molecule has 0 saturated heterocycles. The summed E-state index contributed by atoms with van der Waals surface area (Å²) in [5.41, 5.74) is 3.60. The van der Waals surface area contributed by atoms with Crippen molar-refractivity contribution in [1.82, 2.24) is 20.2 Å². The molecule has 130 valence electrons. The van der Waals surface area contributed by atoms with Crippen LogP contribution in [0, 0.1) is 0 Å². The van der Waals surface area contributed by atoms with Crippen LogP contribution in [0.2, 0.25) is 0 Å². The summed E-state index contributed by atoms with van der Waals surface area (Å²) in [5, 5.41) is 3.93. The maximum Gasteiger partial charge on any atom is 0.247 e. The topological polar surface area (TPSA) is 78.1 Å². The molecule has 2 N–H and O–H groups in total. The van der Waals surface area contributed by atoms with Crippen LogP contribution < -0.4 is 5.32 Å². The third-order valence-corrected chi connectivity index (χ3v) is 4.71. The summed E-state index contributed by atoms with van der Waals surface area (Å²) in [5.74, 6) is -0.455.